The Morgan fingerprint density at radius 1 is 1.19 bits per heavy atom. The van der Waals surface area contributed by atoms with E-state index in [0.717, 1.165) is 29.5 Å². The van der Waals surface area contributed by atoms with E-state index in [1.54, 1.807) is 12.1 Å². The van der Waals surface area contributed by atoms with Crippen molar-refractivity contribution in [2.24, 2.45) is 0 Å². The van der Waals surface area contributed by atoms with E-state index in [1.165, 1.54) is 17.7 Å². The van der Waals surface area contributed by atoms with Gasteiger partial charge in [-0.2, -0.15) is 0 Å². The van der Waals surface area contributed by atoms with Gasteiger partial charge >= 0.3 is 5.63 Å². The molecule has 0 radical (unpaired) electrons. The second kappa shape index (κ2) is 6.62. The van der Waals surface area contributed by atoms with Crippen molar-refractivity contribution < 1.29 is 9.52 Å². The Hall–Kier alpha value is -2.01. The molecule has 1 aliphatic rings. The molecule has 2 heterocycles. The zero-order chi connectivity index (χ0) is 18.4. The molecule has 4 rings (SSSR count). The first-order valence-corrected chi connectivity index (χ1v) is 9.15. The van der Waals surface area contributed by atoms with Crippen LogP contribution in [0.2, 0.25) is 10.0 Å². The number of fused-ring (bicyclic) bond motifs is 2. The van der Waals surface area contributed by atoms with Gasteiger partial charge in [-0.15, -0.1) is 0 Å². The van der Waals surface area contributed by atoms with Gasteiger partial charge in [-0.3, -0.25) is 4.90 Å². The van der Waals surface area contributed by atoms with Crippen LogP contribution in [-0.4, -0.2) is 16.6 Å². The van der Waals surface area contributed by atoms with E-state index in [0.29, 0.717) is 22.2 Å². The number of phenolic OH excluding ortho intramolecular Hbond substituents is 1. The molecule has 3 aromatic rings. The van der Waals surface area contributed by atoms with Gasteiger partial charge in [-0.25, -0.2) is 4.79 Å². The molecule has 1 N–H and O–H groups in total. The summed E-state index contributed by atoms with van der Waals surface area (Å²) in [5, 5.41) is 11.6. The molecule has 4 nitrogen and oxygen atoms in total. The van der Waals surface area contributed by atoms with Crippen LogP contribution in [0.1, 0.15) is 29.7 Å². The number of nitrogens with zero attached hydrogens (tertiary/aromatic N) is 1. The molecule has 1 aromatic heterocycles. The Morgan fingerprint density at radius 2 is 1.96 bits per heavy atom. The number of benzene rings is 2. The van der Waals surface area contributed by atoms with Crippen LogP contribution < -0.4 is 5.63 Å². The summed E-state index contributed by atoms with van der Waals surface area (Å²) in [6.45, 7) is 3.58. The highest BCUT2D eigenvalue weighted by Gasteiger charge is 2.25. The molecule has 0 bridgehead atoms. The van der Waals surface area contributed by atoms with Crippen molar-refractivity contribution >= 4 is 34.2 Å². The molecular formula is C20H17Cl2NO3. The van der Waals surface area contributed by atoms with Crippen molar-refractivity contribution in [1.29, 1.82) is 0 Å². The van der Waals surface area contributed by atoms with Gasteiger partial charge in [-0.1, -0.05) is 23.2 Å². The Labute approximate surface area is 160 Å². The molecule has 1 unspecified atom stereocenters. The minimum Gasteiger partial charge on any atom is -0.508 e. The molecule has 1 atom stereocenters. The van der Waals surface area contributed by atoms with Gasteiger partial charge in [0.2, 0.25) is 0 Å². The molecular weight excluding hydrogens is 373 g/mol. The van der Waals surface area contributed by atoms with E-state index in [-0.39, 0.29) is 11.8 Å². The molecule has 1 aliphatic heterocycles. The Morgan fingerprint density at radius 3 is 2.77 bits per heavy atom. The molecule has 0 amide bonds. The normalized spacial score (nSPS) is 17.4. The van der Waals surface area contributed by atoms with Crippen LogP contribution >= 0.6 is 23.2 Å². The van der Waals surface area contributed by atoms with Crippen molar-refractivity contribution in [3.63, 3.8) is 0 Å². The van der Waals surface area contributed by atoms with Crippen molar-refractivity contribution in [1.82, 2.24) is 4.90 Å². The fraction of sp³-hybridized carbons (Fsp3) is 0.250. The van der Waals surface area contributed by atoms with Gasteiger partial charge in [-0.05, 0) is 54.3 Å². The molecule has 0 saturated heterocycles. The second-order valence-electron chi connectivity index (χ2n) is 6.63. The first kappa shape index (κ1) is 17.4. The zero-order valence-electron chi connectivity index (χ0n) is 14.1. The average Bonchev–Trinajstić information content (AvgIpc) is 2.58. The fourth-order valence-electron chi connectivity index (χ4n) is 3.65. The quantitative estimate of drug-likeness (QED) is 0.631. The molecule has 134 valence electrons. The fourth-order valence-corrected chi connectivity index (χ4v) is 4.01. The highest BCUT2D eigenvalue weighted by atomic mass is 35.5. The summed E-state index contributed by atoms with van der Waals surface area (Å²) in [6, 6.07) is 10.4. The van der Waals surface area contributed by atoms with Gasteiger partial charge in [0.15, 0.2) is 0 Å². The van der Waals surface area contributed by atoms with Gasteiger partial charge in [0.25, 0.3) is 0 Å². The first-order chi connectivity index (χ1) is 12.4. The largest absolute Gasteiger partial charge is 0.508 e. The van der Waals surface area contributed by atoms with Crippen molar-refractivity contribution in [3.8, 4) is 5.75 Å². The smallest absolute Gasteiger partial charge is 0.336 e. The molecule has 0 fully saturated rings. The minimum atomic E-state index is -0.419. The number of hydrogen-bond acceptors (Lipinski definition) is 4. The zero-order valence-corrected chi connectivity index (χ0v) is 15.6. The topological polar surface area (TPSA) is 53.7 Å². The molecule has 26 heavy (non-hydrogen) atoms. The Kier molecular flexibility index (Phi) is 4.43. The predicted octanol–water partition coefficient (Wildman–Crippen LogP) is 4.92. The summed E-state index contributed by atoms with van der Waals surface area (Å²) in [5.41, 5.74) is 3.23. The second-order valence-corrected chi connectivity index (χ2v) is 7.45. The lowest BCUT2D eigenvalue weighted by Crippen LogP contribution is -2.33. The SMILES string of the molecule is CC1c2cc(Cl)c(Cl)cc2CCN1Cc1cc(=O)oc2cc(O)ccc12. The summed E-state index contributed by atoms with van der Waals surface area (Å²) in [7, 11) is 0. The van der Waals surface area contributed by atoms with Gasteiger partial charge < -0.3 is 9.52 Å². The van der Waals surface area contributed by atoms with Crippen LogP contribution in [0.5, 0.6) is 5.75 Å². The summed E-state index contributed by atoms with van der Waals surface area (Å²) in [4.78, 5) is 14.2. The molecule has 0 spiro atoms. The highest BCUT2D eigenvalue weighted by Crippen LogP contribution is 2.36. The van der Waals surface area contributed by atoms with Gasteiger partial charge in [0.05, 0.1) is 10.0 Å². The van der Waals surface area contributed by atoms with Crippen LogP contribution in [0.4, 0.5) is 0 Å². The third-order valence-electron chi connectivity index (χ3n) is 5.04. The Bertz CT molecular complexity index is 1060. The van der Waals surface area contributed by atoms with E-state index >= 15 is 0 Å². The van der Waals surface area contributed by atoms with Crippen LogP contribution in [0.25, 0.3) is 11.0 Å². The van der Waals surface area contributed by atoms with Crippen molar-refractivity contribution in [2.75, 3.05) is 6.54 Å². The lowest BCUT2D eigenvalue weighted by atomic mass is 9.93. The third-order valence-corrected chi connectivity index (χ3v) is 5.76. The van der Waals surface area contributed by atoms with Crippen molar-refractivity contribution in [2.45, 2.75) is 25.9 Å². The Balaban J connectivity index is 1.71. The predicted molar refractivity (Wildman–Crippen MR) is 103 cm³/mol. The first-order valence-electron chi connectivity index (χ1n) is 8.40. The van der Waals surface area contributed by atoms with Crippen LogP contribution in [0.3, 0.4) is 0 Å². The van der Waals surface area contributed by atoms with Crippen LogP contribution in [0.15, 0.2) is 45.6 Å². The maximum atomic E-state index is 11.9. The number of hydrogen-bond donors (Lipinski definition) is 1. The molecule has 0 aliphatic carbocycles. The number of aromatic hydroxyl groups is 1. The molecule has 0 saturated carbocycles. The summed E-state index contributed by atoms with van der Waals surface area (Å²) >= 11 is 12.3. The van der Waals surface area contributed by atoms with Gasteiger partial charge in [0.1, 0.15) is 11.3 Å². The average molecular weight is 390 g/mol. The monoisotopic (exact) mass is 389 g/mol. The summed E-state index contributed by atoms with van der Waals surface area (Å²) < 4.78 is 5.22. The number of phenols is 1. The van der Waals surface area contributed by atoms with Crippen molar-refractivity contribution in [3.05, 3.63) is 73.6 Å². The van der Waals surface area contributed by atoms with E-state index < -0.39 is 5.63 Å². The minimum absolute atomic E-state index is 0.0737. The molecule has 2 aromatic carbocycles. The van der Waals surface area contributed by atoms with Gasteiger partial charge in [0, 0.05) is 36.7 Å². The summed E-state index contributed by atoms with van der Waals surface area (Å²) in [6.07, 6.45) is 0.872. The molecule has 6 heteroatoms. The maximum Gasteiger partial charge on any atom is 0.336 e. The van der Waals surface area contributed by atoms with Crippen LogP contribution in [0, 0.1) is 0 Å². The summed E-state index contributed by atoms with van der Waals surface area (Å²) in [5.74, 6) is 0.0737. The van der Waals surface area contributed by atoms with Crippen LogP contribution in [-0.2, 0) is 13.0 Å². The lowest BCUT2D eigenvalue weighted by molar-refractivity contribution is 0.190. The maximum absolute atomic E-state index is 11.9. The van der Waals surface area contributed by atoms with E-state index in [1.807, 2.05) is 12.1 Å². The third kappa shape index (κ3) is 3.09. The number of halogens is 2. The highest BCUT2D eigenvalue weighted by molar-refractivity contribution is 6.42. The lowest BCUT2D eigenvalue weighted by Gasteiger charge is -2.35. The van der Waals surface area contributed by atoms with E-state index in [4.69, 9.17) is 27.6 Å². The van der Waals surface area contributed by atoms with E-state index in [2.05, 4.69) is 11.8 Å². The number of rotatable bonds is 2. The standard InChI is InChI=1S/C20H17Cl2NO3/c1-11-16-9-18(22)17(21)6-12(16)4-5-23(11)10-13-7-20(25)26-19-8-14(24)2-3-15(13)19/h2-3,6-9,11,24H,4-5,10H2,1H3. The van der Waals surface area contributed by atoms with E-state index in [9.17, 15) is 9.90 Å².